The van der Waals surface area contributed by atoms with Crippen molar-refractivity contribution in [2.45, 2.75) is 46.7 Å². The molecule has 0 saturated carbocycles. The molecular weight excluding hydrogens is 437 g/mol. The topological polar surface area (TPSA) is 54.2 Å². The fourth-order valence-corrected chi connectivity index (χ4v) is 2.68. The molecule has 0 bridgehead atoms. The minimum Gasteiger partial charge on any atom is -0.356 e. The second-order valence-corrected chi connectivity index (χ2v) is 7.49. The molecule has 0 fully saturated rings. The third-order valence-corrected chi connectivity index (χ3v) is 4.08. The van der Waals surface area contributed by atoms with Crippen molar-refractivity contribution in [3.63, 3.8) is 0 Å². The van der Waals surface area contributed by atoms with Crippen LogP contribution in [0.15, 0.2) is 47.7 Å². The number of aliphatic imine (C=N–C) groups is 1. The molecule has 26 heavy (non-hydrogen) atoms. The first kappa shape index (κ1) is 22.5. The van der Waals surface area contributed by atoms with Crippen LogP contribution in [0.1, 0.15) is 44.7 Å². The van der Waals surface area contributed by atoms with Crippen LogP contribution in [-0.4, -0.2) is 29.3 Å². The van der Waals surface area contributed by atoms with Crippen LogP contribution in [0.2, 0.25) is 0 Å². The Balaban J connectivity index is 0.00000338. The molecule has 0 aliphatic heterocycles. The van der Waals surface area contributed by atoms with E-state index in [1.54, 1.807) is 0 Å². The van der Waals surface area contributed by atoms with Crippen molar-refractivity contribution in [3.8, 4) is 0 Å². The van der Waals surface area contributed by atoms with Crippen LogP contribution in [0.25, 0.3) is 0 Å². The molecule has 144 valence electrons. The number of benzene rings is 1. The van der Waals surface area contributed by atoms with Crippen molar-refractivity contribution in [2.75, 3.05) is 13.6 Å². The van der Waals surface area contributed by atoms with Gasteiger partial charge in [-0.2, -0.15) is 5.10 Å². The lowest BCUT2D eigenvalue weighted by Crippen LogP contribution is -2.37. The number of aromatic nitrogens is 2. The summed E-state index contributed by atoms with van der Waals surface area (Å²) in [5, 5.41) is 11.1. The third kappa shape index (κ3) is 8.21. The molecular formula is C20H32IN5. The molecule has 1 heterocycles. The van der Waals surface area contributed by atoms with Gasteiger partial charge in [0.2, 0.25) is 0 Å². The highest BCUT2D eigenvalue weighted by molar-refractivity contribution is 14.0. The average molecular weight is 469 g/mol. The molecule has 0 spiro atoms. The number of hydrogen-bond donors (Lipinski definition) is 2. The minimum absolute atomic E-state index is 0. The second kappa shape index (κ2) is 11.2. The zero-order chi connectivity index (χ0) is 18.1. The number of nitrogens with one attached hydrogen (secondary N) is 2. The summed E-state index contributed by atoms with van der Waals surface area (Å²) in [5.74, 6) is 0.850. The van der Waals surface area contributed by atoms with E-state index in [0.717, 1.165) is 32.0 Å². The SMILES string of the molecule is CN=C(NCCCC(C)(C)C)NCc1ccccc1Cn1cccn1.I. The van der Waals surface area contributed by atoms with Crippen LogP contribution in [0, 0.1) is 5.41 Å². The summed E-state index contributed by atoms with van der Waals surface area (Å²) in [7, 11) is 1.81. The van der Waals surface area contributed by atoms with E-state index in [0.29, 0.717) is 5.41 Å². The predicted octanol–water partition coefficient (Wildman–Crippen LogP) is 4.04. The second-order valence-electron chi connectivity index (χ2n) is 7.49. The molecule has 2 aromatic rings. The molecule has 5 nitrogen and oxygen atoms in total. The Morgan fingerprint density at radius 1 is 1.12 bits per heavy atom. The van der Waals surface area contributed by atoms with Gasteiger partial charge in [0, 0.05) is 32.5 Å². The largest absolute Gasteiger partial charge is 0.356 e. The first-order chi connectivity index (χ1) is 12.0. The smallest absolute Gasteiger partial charge is 0.191 e. The monoisotopic (exact) mass is 469 g/mol. The number of nitrogens with zero attached hydrogens (tertiary/aromatic N) is 3. The predicted molar refractivity (Wildman–Crippen MR) is 120 cm³/mol. The maximum Gasteiger partial charge on any atom is 0.191 e. The van der Waals surface area contributed by atoms with Gasteiger partial charge in [-0.05, 0) is 35.4 Å². The van der Waals surface area contributed by atoms with Gasteiger partial charge in [-0.1, -0.05) is 45.0 Å². The van der Waals surface area contributed by atoms with Crippen molar-refractivity contribution < 1.29 is 0 Å². The van der Waals surface area contributed by atoms with Crippen LogP contribution in [-0.2, 0) is 13.1 Å². The maximum absolute atomic E-state index is 4.32. The summed E-state index contributed by atoms with van der Waals surface area (Å²) in [6.07, 6.45) is 6.13. The lowest BCUT2D eigenvalue weighted by molar-refractivity contribution is 0.365. The van der Waals surface area contributed by atoms with E-state index in [2.05, 4.69) is 65.8 Å². The van der Waals surface area contributed by atoms with E-state index >= 15 is 0 Å². The summed E-state index contributed by atoms with van der Waals surface area (Å²) in [4.78, 5) is 4.32. The van der Waals surface area contributed by atoms with E-state index in [4.69, 9.17) is 0 Å². The van der Waals surface area contributed by atoms with E-state index < -0.39 is 0 Å². The number of rotatable bonds is 7. The van der Waals surface area contributed by atoms with E-state index in [9.17, 15) is 0 Å². The third-order valence-electron chi connectivity index (χ3n) is 4.08. The van der Waals surface area contributed by atoms with Crippen molar-refractivity contribution in [1.29, 1.82) is 0 Å². The minimum atomic E-state index is 0. The molecule has 0 radical (unpaired) electrons. The van der Waals surface area contributed by atoms with Gasteiger partial charge in [0.05, 0.1) is 6.54 Å². The fraction of sp³-hybridized carbons (Fsp3) is 0.500. The van der Waals surface area contributed by atoms with Crippen LogP contribution in [0.4, 0.5) is 0 Å². The van der Waals surface area contributed by atoms with Gasteiger partial charge in [-0.15, -0.1) is 24.0 Å². The van der Waals surface area contributed by atoms with Gasteiger partial charge in [-0.25, -0.2) is 0 Å². The van der Waals surface area contributed by atoms with Gasteiger partial charge in [0.25, 0.3) is 0 Å². The highest BCUT2D eigenvalue weighted by Crippen LogP contribution is 2.19. The highest BCUT2D eigenvalue weighted by Gasteiger charge is 2.09. The quantitative estimate of drug-likeness (QED) is 0.279. The van der Waals surface area contributed by atoms with Crippen molar-refractivity contribution in [1.82, 2.24) is 20.4 Å². The van der Waals surface area contributed by atoms with Gasteiger partial charge in [0.15, 0.2) is 5.96 Å². The molecule has 0 aliphatic rings. The molecule has 2 rings (SSSR count). The van der Waals surface area contributed by atoms with Crippen molar-refractivity contribution in [2.24, 2.45) is 10.4 Å². The normalized spacial score (nSPS) is 11.8. The molecule has 0 atom stereocenters. The van der Waals surface area contributed by atoms with Gasteiger partial charge >= 0.3 is 0 Å². The Labute approximate surface area is 174 Å². The first-order valence-electron chi connectivity index (χ1n) is 8.97. The molecule has 1 aromatic carbocycles. The van der Waals surface area contributed by atoms with E-state index in [1.807, 2.05) is 30.2 Å². The summed E-state index contributed by atoms with van der Waals surface area (Å²) in [6.45, 7) is 9.29. The molecule has 0 amide bonds. The number of guanidine groups is 1. The Kier molecular flexibility index (Phi) is 9.69. The van der Waals surface area contributed by atoms with Crippen LogP contribution in [0.3, 0.4) is 0 Å². The first-order valence-corrected chi connectivity index (χ1v) is 8.97. The van der Waals surface area contributed by atoms with Crippen molar-refractivity contribution >= 4 is 29.9 Å². The summed E-state index contributed by atoms with van der Waals surface area (Å²) < 4.78 is 1.94. The maximum atomic E-state index is 4.32. The molecule has 2 N–H and O–H groups in total. The Hall–Kier alpha value is -1.57. The zero-order valence-electron chi connectivity index (χ0n) is 16.3. The summed E-state index contributed by atoms with van der Waals surface area (Å²) in [6, 6.07) is 10.4. The summed E-state index contributed by atoms with van der Waals surface area (Å²) in [5.41, 5.74) is 2.90. The van der Waals surface area contributed by atoms with E-state index in [1.165, 1.54) is 17.5 Å². The Bertz CT molecular complexity index is 659. The van der Waals surface area contributed by atoms with Gasteiger partial charge < -0.3 is 10.6 Å². The zero-order valence-corrected chi connectivity index (χ0v) is 18.7. The number of halogens is 1. The van der Waals surface area contributed by atoms with Gasteiger partial charge in [0.1, 0.15) is 0 Å². The average Bonchev–Trinajstić information content (AvgIpc) is 3.07. The van der Waals surface area contributed by atoms with Crippen LogP contribution < -0.4 is 10.6 Å². The molecule has 1 aromatic heterocycles. The fourth-order valence-electron chi connectivity index (χ4n) is 2.68. The lowest BCUT2D eigenvalue weighted by Gasteiger charge is -2.19. The number of hydrogen-bond acceptors (Lipinski definition) is 2. The van der Waals surface area contributed by atoms with Crippen LogP contribution >= 0.6 is 24.0 Å². The molecule has 0 aliphatic carbocycles. The van der Waals surface area contributed by atoms with Gasteiger partial charge in [-0.3, -0.25) is 9.67 Å². The lowest BCUT2D eigenvalue weighted by atomic mass is 9.91. The molecule has 0 saturated heterocycles. The molecule has 0 unspecified atom stereocenters. The van der Waals surface area contributed by atoms with Crippen molar-refractivity contribution in [3.05, 3.63) is 53.9 Å². The summed E-state index contributed by atoms with van der Waals surface area (Å²) >= 11 is 0. The standard InChI is InChI=1S/C20H31N5.HI/c1-20(2,3)11-7-12-22-19(21-4)23-15-17-9-5-6-10-18(17)16-25-14-8-13-24-25;/h5-6,8-10,13-14H,7,11-12,15-16H2,1-4H3,(H2,21,22,23);1H. The van der Waals surface area contributed by atoms with Crippen LogP contribution in [0.5, 0.6) is 0 Å². The van der Waals surface area contributed by atoms with E-state index in [-0.39, 0.29) is 24.0 Å². The Morgan fingerprint density at radius 3 is 2.46 bits per heavy atom. The Morgan fingerprint density at radius 2 is 1.85 bits per heavy atom. The molecule has 6 heteroatoms. The highest BCUT2D eigenvalue weighted by atomic mass is 127.